The van der Waals surface area contributed by atoms with Gasteiger partial charge >= 0.3 is 5.97 Å². The summed E-state index contributed by atoms with van der Waals surface area (Å²) in [6, 6.07) is 8.80. The molecule has 0 saturated carbocycles. The number of carbonyl (C=O) groups is 1. The largest absolute Gasteiger partial charge is 0.493 e. The Kier molecular flexibility index (Phi) is 5.32. The molecule has 0 radical (unpaired) electrons. The average molecular weight is 378 g/mol. The fourth-order valence-electron chi connectivity index (χ4n) is 2.30. The van der Waals surface area contributed by atoms with Crippen molar-refractivity contribution in [2.24, 2.45) is 4.99 Å². The summed E-state index contributed by atoms with van der Waals surface area (Å²) in [6.07, 6.45) is 2.35. The van der Waals surface area contributed by atoms with Crippen molar-refractivity contribution >= 4 is 29.5 Å². The maximum Gasteiger partial charge on any atom is 0.363 e. The van der Waals surface area contributed by atoms with Gasteiger partial charge in [0.1, 0.15) is 5.75 Å². The quantitative estimate of drug-likeness (QED) is 0.429. The topological polar surface area (TPSA) is 47.9 Å². The summed E-state index contributed by atoms with van der Waals surface area (Å²) in [6.45, 7) is 2.52. The van der Waals surface area contributed by atoms with Crippen molar-refractivity contribution in [3.05, 3.63) is 69.9 Å². The zero-order chi connectivity index (χ0) is 18.7. The number of hydrogen-bond acceptors (Lipinski definition) is 4. The van der Waals surface area contributed by atoms with Crippen molar-refractivity contribution in [3.63, 3.8) is 0 Å². The zero-order valence-electron chi connectivity index (χ0n) is 13.8. The molecule has 7 heteroatoms. The lowest BCUT2D eigenvalue weighted by atomic mass is 10.1. The number of hydrogen-bond donors (Lipinski definition) is 0. The number of rotatable bonds is 5. The molecule has 0 unspecified atom stereocenters. The second kappa shape index (κ2) is 7.66. The lowest BCUT2D eigenvalue weighted by Gasteiger charge is -2.07. The van der Waals surface area contributed by atoms with Crippen molar-refractivity contribution in [1.29, 1.82) is 0 Å². The van der Waals surface area contributed by atoms with E-state index in [4.69, 9.17) is 21.1 Å². The van der Waals surface area contributed by atoms with Gasteiger partial charge < -0.3 is 9.47 Å². The average Bonchev–Trinajstić information content (AvgIpc) is 2.98. The Morgan fingerprint density at radius 3 is 2.73 bits per heavy atom. The monoisotopic (exact) mass is 377 g/mol. The number of ether oxygens (including phenoxy) is 2. The third kappa shape index (κ3) is 3.75. The Morgan fingerprint density at radius 1 is 1.23 bits per heavy atom. The predicted octanol–water partition coefficient (Wildman–Crippen LogP) is 4.75. The molecule has 1 aliphatic rings. The molecule has 0 aromatic heterocycles. The molecule has 0 spiro atoms. The fourth-order valence-corrected chi connectivity index (χ4v) is 2.53. The minimum Gasteiger partial charge on any atom is -0.493 e. The van der Waals surface area contributed by atoms with Crippen LogP contribution in [0.4, 0.5) is 8.78 Å². The number of cyclic esters (lactones) is 1. The van der Waals surface area contributed by atoms with Crippen molar-refractivity contribution < 1.29 is 23.0 Å². The number of halogens is 3. The lowest BCUT2D eigenvalue weighted by Crippen LogP contribution is -2.07. The highest BCUT2D eigenvalue weighted by molar-refractivity contribution is 6.34. The fraction of sp³-hybridized carbons (Fsp3) is 0.158. The Hall–Kier alpha value is -2.73. The van der Waals surface area contributed by atoms with E-state index < -0.39 is 17.6 Å². The number of para-hydroxylation sites is 1. The van der Waals surface area contributed by atoms with Crippen LogP contribution < -0.4 is 4.74 Å². The first-order valence-corrected chi connectivity index (χ1v) is 8.26. The molecule has 0 bridgehead atoms. The number of esters is 1. The maximum atomic E-state index is 13.5. The van der Waals surface area contributed by atoms with Crippen molar-refractivity contribution in [3.8, 4) is 5.75 Å². The Morgan fingerprint density at radius 2 is 1.96 bits per heavy atom. The molecule has 1 aliphatic heterocycles. The highest BCUT2D eigenvalue weighted by atomic mass is 35.5. The second-order valence-corrected chi connectivity index (χ2v) is 5.88. The van der Waals surface area contributed by atoms with Crippen LogP contribution in [0.1, 0.15) is 24.5 Å². The van der Waals surface area contributed by atoms with Crippen LogP contribution >= 0.6 is 11.6 Å². The van der Waals surface area contributed by atoms with Crippen molar-refractivity contribution in [1.82, 2.24) is 0 Å². The summed E-state index contributed by atoms with van der Waals surface area (Å²) in [4.78, 5) is 16.2. The normalized spacial score (nSPS) is 15.2. The number of nitrogens with zero attached hydrogens (tertiary/aromatic N) is 1. The number of benzene rings is 2. The molecule has 0 fully saturated rings. The van der Waals surface area contributed by atoms with E-state index in [-0.39, 0.29) is 22.2 Å². The van der Waals surface area contributed by atoms with Gasteiger partial charge in [-0.05, 0) is 30.7 Å². The standard InChI is InChI=1S/C19H14ClF2NO3/c1-2-7-25-17-6-4-3-5-11(17)8-16-19(24)26-18(23-16)12-9-14(21)15(22)10-13(12)20/h3-6,8-10H,2,7H2,1H3/b16-8+. The highest BCUT2D eigenvalue weighted by Gasteiger charge is 2.27. The van der Waals surface area contributed by atoms with E-state index in [1.54, 1.807) is 18.2 Å². The summed E-state index contributed by atoms with van der Waals surface area (Å²) in [7, 11) is 0. The molecule has 4 nitrogen and oxygen atoms in total. The number of aliphatic imine (C=N–C) groups is 1. The van der Waals surface area contributed by atoms with Gasteiger partial charge in [-0.25, -0.2) is 18.6 Å². The van der Waals surface area contributed by atoms with Gasteiger partial charge in [-0.2, -0.15) is 0 Å². The maximum absolute atomic E-state index is 13.5. The highest BCUT2D eigenvalue weighted by Crippen LogP contribution is 2.27. The third-order valence-electron chi connectivity index (χ3n) is 3.53. The zero-order valence-corrected chi connectivity index (χ0v) is 14.5. The van der Waals surface area contributed by atoms with E-state index in [0.29, 0.717) is 17.9 Å². The van der Waals surface area contributed by atoms with Gasteiger partial charge in [-0.1, -0.05) is 36.7 Å². The first-order chi connectivity index (χ1) is 12.5. The van der Waals surface area contributed by atoms with Crippen LogP contribution in [0, 0.1) is 11.6 Å². The van der Waals surface area contributed by atoms with E-state index >= 15 is 0 Å². The summed E-state index contributed by atoms with van der Waals surface area (Å²) in [5.41, 5.74) is 0.653. The van der Waals surface area contributed by atoms with Crippen LogP contribution in [0.3, 0.4) is 0 Å². The van der Waals surface area contributed by atoms with Crippen LogP contribution in [-0.2, 0) is 9.53 Å². The SMILES string of the molecule is CCCOc1ccccc1/C=C1/N=C(c2cc(F)c(F)cc2Cl)OC1=O. The minimum absolute atomic E-state index is 0.00200. The van der Waals surface area contributed by atoms with Crippen LogP contribution in [0.15, 0.2) is 47.1 Å². The molecule has 0 saturated heterocycles. The van der Waals surface area contributed by atoms with Crippen LogP contribution in [0.2, 0.25) is 5.02 Å². The van der Waals surface area contributed by atoms with E-state index in [1.807, 2.05) is 13.0 Å². The van der Waals surface area contributed by atoms with Gasteiger partial charge in [-0.15, -0.1) is 0 Å². The third-order valence-corrected chi connectivity index (χ3v) is 3.85. The van der Waals surface area contributed by atoms with Crippen LogP contribution in [-0.4, -0.2) is 18.5 Å². The smallest absolute Gasteiger partial charge is 0.363 e. The van der Waals surface area contributed by atoms with Gasteiger partial charge in [0.25, 0.3) is 0 Å². The first kappa shape index (κ1) is 18.1. The molecule has 3 rings (SSSR count). The molecule has 0 aliphatic carbocycles. The summed E-state index contributed by atoms with van der Waals surface area (Å²) >= 11 is 5.90. The van der Waals surface area contributed by atoms with Gasteiger partial charge in [0.05, 0.1) is 17.2 Å². The van der Waals surface area contributed by atoms with Gasteiger partial charge in [0, 0.05) is 5.56 Å². The van der Waals surface area contributed by atoms with Crippen LogP contribution in [0.5, 0.6) is 5.75 Å². The summed E-state index contributed by atoms with van der Waals surface area (Å²) < 4.78 is 37.4. The molecule has 134 valence electrons. The van der Waals surface area contributed by atoms with E-state index in [9.17, 15) is 13.6 Å². The summed E-state index contributed by atoms with van der Waals surface area (Å²) in [5, 5.41) is -0.108. The molecule has 2 aromatic rings. The Balaban J connectivity index is 1.97. The second-order valence-electron chi connectivity index (χ2n) is 5.47. The lowest BCUT2D eigenvalue weighted by molar-refractivity contribution is -0.129. The molecule has 1 heterocycles. The Bertz CT molecular complexity index is 925. The molecule has 0 atom stereocenters. The van der Waals surface area contributed by atoms with E-state index in [2.05, 4.69) is 4.99 Å². The molecular weight excluding hydrogens is 364 g/mol. The van der Waals surface area contributed by atoms with E-state index in [0.717, 1.165) is 18.6 Å². The van der Waals surface area contributed by atoms with Crippen LogP contribution in [0.25, 0.3) is 6.08 Å². The first-order valence-electron chi connectivity index (χ1n) is 7.89. The van der Waals surface area contributed by atoms with Crippen molar-refractivity contribution in [2.45, 2.75) is 13.3 Å². The molecule has 26 heavy (non-hydrogen) atoms. The minimum atomic E-state index is -1.11. The molecule has 0 amide bonds. The number of carbonyl (C=O) groups excluding carboxylic acids is 1. The van der Waals surface area contributed by atoms with E-state index in [1.165, 1.54) is 6.08 Å². The predicted molar refractivity (Wildman–Crippen MR) is 94.2 cm³/mol. The summed E-state index contributed by atoms with van der Waals surface area (Å²) in [5.74, 6) is -2.51. The van der Waals surface area contributed by atoms with Crippen molar-refractivity contribution in [2.75, 3.05) is 6.61 Å². The molecular formula is C19H14ClF2NO3. The van der Waals surface area contributed by atoms with Gasteiger partial charge in [0.15, 0.2) is 17.3 Å². The molecule has 0 N–H and O–H groups in total. The Labute approximate surface area is 153 Å². The molecule has 2 aromatic carbocycles. The van der Waals surface area contributed by atoms with Gasteiger partial charge in [0.2, 0.25) is 5.90 Å². The van der Waals surface area contributed by atoms with Gasteiger partial charge in [-0.3, -0.25) is 0 Å².